The van der Waals surface area contributed by atoms with Crippen molar-refractivity contribution in [3.05, 3.63) is 59.4 Å². The van der Waals surface area contributed by atoms with Gasteiger partial charge in [0.25, 0.3) is 0 Å². The second-order valence-corrected chi connectivity index (χ2v) is 8.08. The van der Waals surface area contributed by atoms with Crippen LogP contribution in [-0.4, -0.2) is 45.7 Å². The fraction of sp³-hybridized carbons (Fsp3) is 0.364. The summed E-state index contributed by atoms with van der Waals surface area (Å²) in [4.78, 5) is 18.2. The zero-order valence-corrected chi connectivity index (χ0v) is 17.3. The molecule has 3 aromatic rings. The van der Waals surface area contributed by atoms with Gasteiger partial charge in [-0.3, -0.25) is 4.79 Å². The number of halogens is 1. The van der Waals surface area contributed by atoms with Gasteiger partial charge >= 0.3 is 0 Å². The van der Waals surface area contributed by atoms with Crippen LogP contribution in [0, 0.1) is 0 Å². The van der Waals surface area contributed by atoms with Crippen molar-refractivity contribution >= 4 is 23.3 Å². The minimum Gasteiger partial charge on any atom is -0.358 e. The predicted molar refractivity (Wildman–Crippen MR) is 116 cm³/mol. The second-order valence-electron chi connectivity index (χ2n) is 7.65. The molecule has 1 aliphatic rings. The van der Waals surface area contributed by atoms with Crippen LogP contribution in [0.3, 0.4) is 0 Å². The molecule has 152 valence electrons. The van der Waals surface area contributed by atoms with Crippen molar-refractivity contribution in [2.45, 2.75) is 31.7 Å². The van der Waals surface area contributed by atoms with E-state index >= 15 is 0 Å². The molecule has 0 atom stereocenters. The zero-order chi connectivity index (χ0) is 20.2. The van der Waals surface area contributed by atoms with Crippen molar-refractivity contribution in [2.24, 2.45) is 0 Å². The van der Waals surface area contributed by atoms with Gasteiger partial charge in [-0.1, -0.05) is 23.7 Å². The highest BCUT2D eigenvalue weighted by atomic mass is 35.5. The van der Waals surface area contributed by atoms with Crippen molar-refractivity contribution in [3.8, 4) is 11.3 Å². The number of aromatic amines is 1. The van der Waals surface area contributed by atoms with E-state index in [0.29, 0.717) is 18.9 Å². The van der Waals surface area contributed by atoms with Crippen LogP contribution in [0.5, 0.6) is 0 Å². The molecule has 0 aliphatic carbocycles. The van der Waals surface area contributed by atoms with Crippen molar-refractivity contribution in [3.63, 3.8) is 0 Å². The molecule has 1 amide bonds. The van der Waals surface area contributed by atoms with Crippen molar-refractivity contribution in [1.82, 2.24) is 19.7 Å². The number of piperidine rings is 1. The first-order valence-electron chi connectivity index (χ1n) is 10.0. The number of rotatable bonds is 6. The van der Waals surface area contributed by atoms with Crippen LogP contribution in [-0.2, 0) is 11.2 Å². The van der Waals surface area contributed by atoms with Gasteiger partial charge in [-0.15, -0.1) is 0 Å². The maximum Gasteiger partial charge on any atom is 0.225 e. The summed E-state index contributed by atoms with van der Waals surface area (Å²) >= 11 is 5.95. The Morgan fingerprint density at radius 2 is 1.93 bits per heavy atom. The lowest BCUT2D eigenvalue weighted by Crippen LogP contribution is -2.32. The lowest BCUT2D eigenvalue weighted by molar-refractivity contribution is -0.116. The Morgan fingerprint density at radius 1 is 1.17 bits per heavy atom. The molecule has 0 radical (unpaired) electrons. The molecule has 1 aromatic carbocycles. The fourth-order valence-electron chi connectivity index (χ4n) is 3.78. The largest absolute Gasteiger partial charge is 0.358 e. The van der Waals surface area contributed by atoms with E-state index in [4.69, 9.17) is 11.6 Å². The molecular formula is C22H26ClN5O. The van der Waals surface area contributed by atoms with E-state index in [1.165, 1.54) is 0 Å². The molecule has 7 heteroatoms. The van der Waals surface area contributed by atoms with Gasteiger partial charge in [0.05, 0.1) is 12.2 Å². The van der Waals surface area contributed by atoms with E-state index in [9.17, 15) is 4.79 Å². The highest BCUT2D eigenvalue weighted by molar-refractivity contribution is 6.30. The third-order valence-corrected chi connectivity index (χ3v) is 5.75. The first-order valence-corrected chi connectivity index (χ1v) is 10.4. The van der Waals surface area contributed by atoms with Gasteiger partial charge in [-0.2, -0.15) is 5.10 Å². The third-order valence-electron chi connectivity index (χ3n) is 5.49. The molecule has 0 saturated carbocycles. The van der Waals surface area contributed by atoms with Crippen LogP contribution in [0.15, 0.2) is 48.7 Å². The number of likely N-dealkylation sites (tertiary alicyclic amines) is 1. The van der Waals surface area contributed by atoms with Crippen LogP contribution < -0.4 is 5.32 Å². The lowest BCUT2D eigenvalue weighted by Gasteiger charge is -2.30. The normalized spacial score (nSPS) is 15.5. The molecule has 2 aromatic heterocycles. The van der Waals surface area contributed by atoms with Crippen molar-refractivity contribution in [2.75, 3.05) is 25.5 Å². The second kappa shape index (κ2) is 8.84. The van der Waals surface area contributed by atoms with Gasteiger partial charge in [0.1, 0.15) is 5.82 Å². The molecule has 2 N–H and O–H groups in total. The number of carbonyl (C=O) groups is 1. The topological polar surface area (TPSA) is 66.0 Å². The Morgan fingerprint density at radius 3 is 2.69 bits per heavy atom. The maximum absolute atomic E-state index is 12.5. The number of aromatic nitrogens is 3. The summed E-state index contributed by atoms with van der Waals surface area (Å²) in [6.45, 7) is 2.11. The summed E-state index contributed by atoms with van der Waals surface area (Å²) < 4.78 is 1.97. The number of benzene rings is 1. The number of hydrogen-bond acceptors (Lipinski definition) is 3. The Kier molecular flexibility index (Phi) is 6.02. The summed E-state index contributed by atoms with van der Waals surface area (Å²) in [6, 6.07) is 14.0. The first kappa shape index (κ1) is 19.7. The van der Waals surface area contributed by atoms with Gasteiger partial charge in [0.2, 0.25) is 5.91 Å². The maximum atomic E-state index is 12.5. The number of anilines is 1. The van der Waals surface area contributed by atoms with Crippen LogP contribution in [0.2, 0.25) is 5.02 Å². The number of H-pyrrole nitrogens is 1. The van der Waals surface area contributed by atoms with Crippen LogP contribution >= 0.6 is 11.6 Å². The van der Waals surface area contributed by atoms with Gasteiger partial charge in [-0.25, -0.2) is 4.68 Å². The van der Waals surface area contributed by atoms with Crippen LogP contribution in [0.4, 0.5) is 5.82 Å². The van der Waals surface area contributed by atoms with E-state index in [1.54, 1.807) is 6.20 Å². The summed E-state index contributed by atoms with van der Waals surface area (Å²) in [7, 11) is 2.14. The predicted octanol–water partition coefficient (Wildman–Crippen LogP) is 4.37. The minimum absolute atomic E-state index is 0.00215. The number of aryl methyl sites for hydroxylation is 1. The average molecular weight is 412 g/mol. The van der Waals surface area contributed by atoms with Crippen LogP contribution in [0.25, 0.3) is 11.3 Å². The monoisotopic (exact) mass is 411 g/mol. The summed E-state index contributed by atoms with van der Waals surface area (Å²) in [5.41, 5.74) is 3.14. The Labute approximate surface area is 175 Å². The molecule has 0 spiro atoms. The minimum atomic E-state index is 0.00215. The Balaban J connectivity index is 1.32. The number of hydrogen-bond donors (Lipinski definition) is 2. The quantitative estimate of drug-likeness (QED) is 0.633. The zero-order valence-electron chi connectivity index (χ0n) is 16.6. The Bertz CT molecular complexity index is 954. The standard InChI is InChI=1S/C22H26ClN5O/c1-27-14-11-19(12-15-27)28-21(10-13-24-28)26-22(29)9-7-18-6-8-20(25-18)16-2-4-17(23)5-3-16/h2-6,8,10,13,19,25H,7,9,11-12,14-15H2,1H3,(H,26,29). The fourth-order valence-corrected chi connectivity index (χ4v) is 3.91. The molecule has 3 heterocycles. The molecule has 1 saturated heterocycles. The average Bonchev–Trinajstić information content (AvgIpc) is 3.37. The van der Waals surface area contributed by atoms with Gasteiger partial charge in [0.15, 0.2) is 0 Å². The van der Waals surface area contributed by atoms with E-state index in [-0.39, 0.29) is 5.91 Å². The molecule has 6 nitrogen and oxygen atoms in total. The van der Waals surface area contributed by atoms with Gasteiger partial charge < -0.3 is 15.2 Å². The van der Waals surface area contributed by atoms with Crippen molar-refractivity contribution < 1.29 is 4.79 Å². The summed E-state index contributed by atoms with van der Waals surface area (Å²) in [6.07, 6.45) is 4.94. The highest BCUT2D eigenvalue weighted by Gasteiger charge is 2.21. The number of amides is 1. The van der Waals surface area contributed by atoms with E-state index in [1.807, 2.05) is 47.1 Å². The van der Waals surface area contributed by atoms with E-state index in [0.717, 1.165) is 53.7 Å². The molecular weight excluding hydrogens is 386 g/mol. The number of nitrogens with one attached hydrogen (secondary N) is 2. The molecule has 0 bridgehead atoms. The molecule has 29 heavy (non-hydrogen) atoms. The SMILES string of the molecule is CN1CCC(n2nccc2NC(=O)CCc2ccc(-c3ccc(Cl)cc3)[nH]2)CC1. The van der Waals surface area contributed by atoms with Crippen molar-refractivity contribution in [1.29, 1.82) is 0 Å². The highest BCUT2D eigenvalue weighted by Crippen LogP contribution is 2.25. The van der Waals surface area contributed by atoms with Gasteiger partial charge in [-0.05, 0) is 69.2 Å². The Hall–Kier alpha value is -2.57. The molecule has 4 rings (SSSR count). The summed E-state index contributed by atoms with van der Waals surface area (Å²) in [5, 5.41) is 8.20. The third kappa shape index (κ3) is 4.89. The van der Waals surface area contributed by atoms with E-state index < -0.39 is 0 Å². The molecule has 1 aliphatic heterocycles. The lowest BCUT2D eigenvalue weighted by atomic mass is 10.1. The first-order chi connectivity index (χ1) is 14.1. The van der Waals surface area contributed by atoms with E-state index in [2.05, 4.69) is 27.3 Å². The smallest absolute Gasteiger partial charge is 0.225 e. The summed E-state index contributed by atoms with van der Waals surface area (Å²) in [5.74, 6) is 0.792. The van der Waals surface area contributed by atoms with Crippen LogP contribution in [0.1, 0.15) is 31.0 Å². The number of nitrogens with zero attached hydrogens (tertiary/aromatic N) is 3. The van der Waals surface area contributed by atoms with Gasteiger partial charge in [0, 0.05) is 28.9 Å². The number of carbonyl (C=O) groups excluding carboxylic acids is 1. The molecule has 0 unspecified atom stereocenters. The molecule has 1 fully saturated rings.